The van der Waals surface area contributed by atoms with Crippen molar-refractivity contribution in [1.82, 2.24) is 5.32 Å². The molecule has 0 heterocycles. The maximum Gasteiger partial charge on any atom is 0.0474 e. The fraction of sp³-hybridized carbons (Fsp3) is 0.529. The van der Waals surface area contributed by atoms with Crippen molar-refractivity contribution in [2.24, 2.45) is 0 Å². The predicted octanol–water partition coefficient (Wildman–Crippen LogP) is 4.80. The van der Waals surface area contributed by atoms with E-state index in [2.05, 4.69) is 55.8 Å². The van der Waals surface area contributed by atoms with Gasteiger partial charge in [0.25, 0.3) is 0 Å². The molecule has 1 unspecified atom stereocenters. The maximum absolute atomic E-state index is 6.46. The van der Waals surface area contributed by atoms with Crippen molar-refractivity contribution in [2.75, 3.05) is 24.5 Å². The van der Waals surface area contributed by atoms with Crippen molar-refractivity contribution in [3.63, 3.8) is 0 Å². The second-order valence-electron chi connectivity index (χ2n) is 5.12. The minimum absolute atomic E-state index is 0.288. The summed E-state index contributed by atoms with van der Waals surface area (Å²) < 4.78 is 0. The van der Waals surface area contributed by atoms with E-state index in [0.29, 0.717) is 0 Å². The summed E-state index contributed by atoms with van der Waals surface area (Å²) in [5.74, 6) is 0. The monoisotopic (exact) mass is 294 g/mol. The lowest BCUT2D eigenvalue weighted by molar-refractivity contribution is 0.571. The molecule has 0 fully saturated rings. The van der Waals surface area contributed by atoms with E-state index in [-0.39, 0.29) is 6.04 Å². The molecule has 112 valence electrons. The fourth-order valence-corrected chi connectivity index (χ4v) is 2.62. The van der Waals surface area contributed by atoms with Crippen LogP contribution in [0.4, 0.5) is 5.69 Å². The van der Waals surface area contributed by atoms with E-state index in [9.17, 15) is 0 Å². The highest BCUT2D eigenvalue weighted by Crippen LogP contribution is 2.28. The molecule has 0 aliphatic carbocycles. The zero-order valence-electron chi connectivity index (χ0n) is 13.0. The number of nitrogens with one attached hydrogen (secondary N) is 1. The van der Waals surface area contributed by atoms with Crippen LogP contribution >= 0.6 is 11.6 Å². The lowest BCUT2D eigenvalue weighted by Crippen LogP contribution is -2.24. The standard InChI is InChI=1S/C17H27ClN2/c1-5-10-19-14(4)16-9-8-15(13-17(16)18)20(11-6-2)12-7-3/h6,8-9,13-14,19H,2,5,7,10-12H2,1,3-4H3. The highest BCUT2D eigenvalue weighted by atomic mass is 35.5. The van der Waals surface area contributed by atoms with E-state index in [0.717, 1.165) is 37.5 Å². The molecule has 0 aliphatic heterocycles. The van der Waals surface area contributed by atoms with Gasteiger partial charge in [0.15, 0.2) is 0 Å². The van der Waals surface area contributed by atoms with Gasteiger partial charge in [-0.3, -0.25) is 0 Å². The van der Waals surface area contributed by atoms with Gasteiger partial charge >= 0.3 is 0 Å². The normalized spacial score (nSPS) is 12.2. The minimum atomic E-state index is 0.288. The van der Waals surface area contributed by atoms with Crippen LogP contribution in [-0.4, -0.2) is 19.6 Å². The molecule has 0 aromatic heterocycles. The summed E-state index contributed by atoms with van der Waals surface area (Å²) in [5.41, 5.74) is 2.34. The van der Waals surface area contributed by atoms with E-state index in [1.807, 2.05) is 6.08 Å². The van der Waals surface area contributed by atoms with E-state index < -0.39 is 0 Å². The summed E-state index contributed by atoms with van der Waals surface area (Å²) in [6.07, 6.45) is 4.17. The van der Waals surface area contributed by atoms with E-state index in [1.54, 1.807) is 0 Å². The zero-order valence-corrected chi connectivity index (χ0v) is 13.7. The first-order valence-electron chi connectivity index (χ1n) is 7.52. The highest BCUT2D eigenvalue weighted by Gasteiger charge is 2.11. The van der Waals surface area contributed by atoms with Gasteiger partial charge in [0.1, 0.15) is 0 Å². The second-order valence-corrected chi connectivity index (χ2v) is 5.52. The summed E-state index contributed by atoms with van der Waals surface area (Å²) in [6.45, 7) is 13.2. The lowest BCUT2D eigenvalue weighted by Gasteiger charge is -2.24. The Bertz CT molecular complexity index is 417. The molecule has 0 radical (unpaired) electrons. The molecule has 2 nitrogen and oxygen atoms in total. The summed E-state index contributed by atoms with van der Waals surface area (Å²) >= 11 is 6.46. The topological polar surface area (TPSA) is 15.3 Å². The molecule has 1 N–H and O–H groups in total. The number of anilines is 1. The number of nitrogens with zero attached hydrogens (tertiary/aromatic N) is 1. The van der Waals surface area contributed by atoms with E-state index >= 15 is 0 Å². The smallest absolute Gasteiger partial charge is 0.0474 e. The van der Waals surface area contributed by atoms with Crippen molar-refractivity contribution in [3.05, 3.63) is 41.4 Å². The van der Waals surface area contributed by atoms with Gasteiger partial charge in [-0.25, -0.2) is 0 Å². The molecule has 0 aliphatic rings. The quantitative estimate of drug-likeness (QED) is 0.658. The fourth-order valence-electron chi connectivity index (χ4n) is 2.29. The Kier molecular flexibility index (Phi) is 7.71. The van der Waals surface area contributed by atoms with Gasteiger partial charge in [0.05, 0.1) is 0 Å². The molecule has 3 heteroatoms. The molecule has 1 rings (SSSR count). The van der Waals surface area contributed by atoms with Crippen LogP contribution in [0.3, 0.4) is 0 Å². The van der Waals surface area contributed by atoms with Crippen LogP contribution in [0.1, 0.15) is 45.2 Å². The Morgan fingerprint density at radius 2 is 2.10 bits per heavy atom. The first kappa shape index (κ1) is 17.1. The maximum atomic E-state index is 6.46. The summed E-state index contributed by atoms with van der Waals surface area (Å²) in [5, 5.41) is 4.31. The van der Waals surface area contributed by atoms with Crippen LogP contribution in [0.25, 0.3) is 0 Å². The number of hydrogen-bond acceptors (Lipinski definition) is 2. The van der Waals surface area contributed by atoms with Crippen LogP contribution in [0.5, 0.6) is 0 Å². The minimum Gasteiger partial charge on any atom is -0.368 e. The molecule has 20 heavy (non-hydrogen) atoms. The average Bonchev–Trinajstić information content (AvgIpc) is 2.44. The predicted molar refractivity (Wildman–Crippen MR) is 90.9 cm³/mol. The van der Waals surface area contributed by atoms with Gasteiger partial charge in [0.2, 0.25) is 0 Å². The van der Waals surface area contributed by atoms with Crippen molar-refractivity contribution < 1.29 is 0 Å². The third-order valence-corrected chi connectivity index (χ3v) is 3.69. The second kappa shape index (κ2) is 9.04. The molecule has 0 amide bonds. The van der Waals surface area contributed by atoms with E-state index in [1.165, 1.54) is 11.3 Å². The Balaban J connectivity index is 2.87. The number of hydrogen-bond donors (Lipinski definition) is 1. The molecular weight excluding hydrogens is 268 g/mol. The molecule has 0 spiro atoms. The molecular formula is C17H27ClN2. The first-order valence-corrected chi connectivity index (χ1v) is 7.90. The highest BCUT2D eigenvalue weighted by molar-refractivity contribution is 6.31. The van der Waals surface area contributed by atoms with Crippen LogP contribution < -0.4 is 10.2 Å². The van der Waals surface area contributed by atoms with Gasteiger partial charge in [-0.15, -0.1) is 6.58 Å². The molecule has 0 saturated carbocycles. The molecule has 0 bridgehead atoms. The van der Waals surface area contributed by atoms with Gasteiger partial charge in [-0.2, -0.15) is 0 Å². The Labute approximate surface area is 128 Å². The summed E-state index contributed by atoms with van der Waals surface area (Å²) in [4.78, 5) is 2.30. The van der Waals surface area contributed by atoms with E-state index in [4.69, 9.17) is 11.6 Å². The largest absolute Gasteiger partial charge is 0.368 e. The number of benzene rings is 1. The van der Waals surface area contributed by atoms with Gasteiger partial charge in [-0.05, 0) is 44.0 Å². The van der Waals surface area contributed by atoms with Crippen LogP contribution in [0.15, 0.2) is 30.9 Å². The molecule has 0 saturated heterocycles. The van der Waals surface area contributed by atoms with Gasteiger partial charge < -0.3 is 10.2 Å². The molecule has 1 aromatic carbocycles. The Hall–Kier alpha value is -0.990. The first-order chi connectivity index (χ1) is 9.63. The third kappa shape index (κ3) is 4.84. The Morgan fingerprint density at radius 3 is 2.65 bits per heavy atom. The summed E-state index contributed by atoms with van der Waals surface area (Å²) in [7, 11) is 0. The van der Waals surface area contributed by atoms with Crippen molar-refractivity contribution in [3.8, 4) is 0 Å². The average molecular weight is 295 g/mol. The van der Waals surface area contributed by atoms with Crippen LogP contribution in [0.2, 0.25) is 5.02 Å². The molecule has 1 atom stereocenters. The van der Waals surface area contributed by atoms with Crippen LogP contribution in [0, 0.1) is 0 Å². The number of halogens is 1. The summed E-state index contributed by atoms with van der Waals surface area (Å²) in [6, 6.07) is 6.65. The SMILES string of the molecule is C=CCN(CCC)c1ccc(C(C)NCCC)c(Cl)c1. The Morgan fingerprint density at radius 1 is 1.35 bits per heavy atom. The van der Waals surface area contributed by atoms with Gasteiger partial charge in [-0.1, -0.05) is 37.6 Å². The van der Waals surface area contributed by atoms with Crippen molar-refractivity contribution in [2.45, 2.75) is 39.7 Å². The lowest BCUT2D eigenvalue weighted by atomic mass is 10.1. The molecule has 1 aromatic rings. The zero-order chi connectivity index (χ0) is 15.0. The van der Waals surface area contributed by atoms with Crippen molar-refractivity contribution >= 4 is 17.3 Å². The van der Waals surface area contributed by atoms with Gasteiger partial charge in [0, 0.05) is 29.8 Å². The van der Waals surface area contributed by atoms with Crippen LogP contribution in [-0.2, 0) is 0 Å². The number of rotatable bonds is 9. The third-order valence-electron chi connectivity index (χ3n) is 3.36. The van der Waals surface area contributed by atoms with Crippen molar-refractivity contribution in [1.29, 1.82) is 0 Å².